The summed E-state index contributed by atoms with van der Waals surface area (Å²) in [6.07, 6.45) is 2.14. The second kappa shape index (κ2) is 4.97. The molecule has 0 aromatic carbocycles. The molecule has 108 valence electrons. The SMILES string of the molecule is Nc1ncnc2c1ncn2C1CC(CCO)C(O)C1O. The number of nitrogens with two attached hydrogens (primary N) is 1. The van der Waals surface area contributed by atoms with Gasteiger partial charge in [-0.25, -0.2) is 15.0 Å². The fourth-order valence-corrected chi connectivity index (χ4v) is 2.94. The van der Waals surface area contributed by atoms with Gasteiger partial charge in [0.15, 0.2) is 11.5 Å². The molecule has 4 atom stereocenters. The first-order chi connectivity index (χ1) is 9.63. The molecule has 8 nitrogen and oxygen atoms in total. The highest BCUT2D eigenvalue weighted by molar-refractivity contribution is 5.81. The third-order valence-electron chi connectivity index (χ3n) is 4.02. The molecule has 2 heterocycles. The summed E-state index contributed by atoms with van der Waals surface area (Å²) in [5.74, 6) is 0.144. The molecule has 4 unspecified atom stereocenters. The molecule has 0 saturated heterocycles. The van der Waals surface area contributed by atoms with Crippen molar-refractivity contribution in [3.8, 4) is 0 Å². The maximum absolute atomic E-state index is 10.2. The minimum atomic E-state index is -0.917. The molecule has 0 spiro atoms. The zero-order valence-corrected chi connectivity index (χ0v) is 10.8. The number of fused-ring (bicyclic) bond motifs is 1. The van der Waals surface area contributed by atoms with Crippen molar-refractivity contribution in [1.29, 1.82) is 0 Å². The minimum absolute atomic E-state index is 0.0129. The lowest BCUT2D eigenvalue weighted by Gasteiger charge is -2.18. The van der Waals surface area contributed by atoms with Crippen molar-refractivity contribution in [2.24, 2.45) is 5.92 Å². The average molecular weight is 279 g/mol. The van der Waals surface area contributed by atoms with E-state index in [0.717, 1.165) is 0 Å². The lowest BCUT2D eigenvalue weighted by atomic mass is 10.0. The van der Waals surface area contributed by atoms with Gasteiger partial charge in [-0.3, -0.25) is 0 Å². The van der Waals surface area contributed by atoms with E-state index in [1.807, 2.05) is 0 Å². The Bertz CT molecular complexity index is 616. The first-order valence-electron chi connectivity index (χ1n) is 6.53. The van der Waals surface area contributed by atoms with Crippen LogP contribution in [0.25, 0.3) is 11.2 Å². The molecule has 0 bridgehead atoms. The quantitative estimate of drug-likeness (QED) is 0.571. The molecule has 0 aliphatic heterocycles. The van der Waals surface area contributed by atoms with E-state index >= 15 is 0 Å². The highest BCUT2D eigenvalue weighted by Gasteiger charge is 2.42. The Kier molecular flexibility index (Phi) is 3.28. The molecular weight excluding hydrogens is 262 g/mol. The van der Waals surface area contributed by atoms with Crippen LogP contribution in [0.4, 0.5) is 5.82 Å². The van der Waals surface area contributed by atoms with Crippen LogP contribution in [0.1, 0.15) is 18.9 Å². The second-order valence-electron chi connectivity index (χ2n) is 5.14. The van der Waals surface area contributed by atoms with E-state index in [2.05, 4.69) is 15.0 Å². The van der Waals surface area contributed by atoms with Crippen LogP contribution >= 0.6 is 0 Å². The van der Waals surface area contributed by atoms with Crippen molar-refractivity contribution in [3.05, 3.63) is 12.7 Å². The van der Waals surface area contributed by atoms with Crippen LogP contribution in [0.3, 0.4) is 0 Å². The van der Waals surface area contributed by atoms with Crippen LogP contribution in [0.2, 0.25) is 0 Å². The lowest BCUT2D eigenvalue weighted by Crippen LogP contribution is -2.29. The third-order valence-corrected chi connectivity index (χ3v) is 4.02. The molecular formula is C12H17N5O3. The van der Waals surface area contributed by atoms with Crippen molar-refractivity contribution >= 4 is 17.0 Å². The van der Waals surface area contributed by atoms with Gasteiger partial charge in [-0.15, -0.1) is 0 Å². The number of aliphatic hydroxyl groups excluding tert-OH is 3. The van der Waals surface area contributed by atoms with Gasteiger partial charge < -0.3 is 25.6 Å². The monoisotopic (exact) mass is 279 g/mol. The van der Waals surface area contributed by atoms with E-state index in [0.29, 0.717) is 24.0 Å². The number of imidazole rings is 1. The number of aliphatic hydroxyl groups is 3. The Hall–Kier alpha value is -1.77. The standard InChI is InChI=1S/C12H17N5O3/c13-11-8-12(15-4-14-11)17(5-16-8)7-3-6(1-2-18)9(19)10(7)20/h4-7,9-10,18-20H,1-3H2,(H2,13,14,15). The van der Waals surface area contributed by atoms with Crippen molar-refractivity contribution in [3.63, 3.8) is 0 Å². The van der Waals surface area contributed by atoms with Crippen LogP contribution in [0.5, 0.6) is 0 Å². The molecule has 0 radical (unpaired) electrons. The smallest absolute Gasteiger partial charge is 0.165 e. The Balaban J connectivity index is 1.97. The summed E-state index contributed by atoms with van der Waals surface area (Å²) in [4.78, 5) is 12.2. The van der Waals surface area contributed by atoms with Crippen LogP contribution < -0.4 is 5.73 Å². The summed E-state index contributed by atoms with van der Waals surface area (Å²) in [6, 6.07) is -0.333. The summed E-state index contributed by atoms with van der Waals surface area (Å²) >= 11 is 0. The van der Waals surface area contributed by atoms with Gasteiger partial charge >= 0.3 is 0 Å². The van der Waals surface area contributed by atoms with Gasteiger partial charge in [-0.2, -0.15) is 0 Å². The maximum Gasteiger partial charge on any atom is 0.165 e. The lowest BCUT2D eigenvalue weighted by molar-refractivity contribution is 0.00275. The zero-order chi connectivity index (χ0) is 14.3. The minimum Gasteiger partial charge on any atom is -0.396 e. The summed E-state index contributed by atoms with van der Waals surface area (Å²) in [5, 5.41) is 29.2. The second-order valence-corrected chi connectivity index (χ2v) is 5.14. The predicted octanol–water partition coefficient (Wildman–Crippen LogP) is -0.926. The molecule has 3 rings (SSSR count). The molecule has 2 aromatic heterocycles. The fourth-order valence-electron chi connectivity index (χ4n) is 2.94. The number of aromatic nitrogens is 4. The number of nitrogen functional groups attached to an aromatic ring is 1. The van der Waals surface area contributed by atoms with Gasteiger partial charge in [-0.05, 0) is 18.8 Å². The Morgan fingerprint density at radius 3 is 2.80 bits per heavy atom. The van der Waals surface area contributed by atoms with Crippen LogP contribution in [-0.2, 0) is 0 Å². The van der Waals surface area contributed by atoms with Gasteiger partial charge in [-0.1, -0.05) is 0 Å². The highest BCUT2D eigenvalue weighted by Crippen LogP contribution is 2.38. The number of nitrogens with zero attached hydrogens (tertiary/aromatic N) is 4. The first-order valence-corrected chi connectivity index (χ1v) is 6.53. The van der Waals surface area contributed by atoms with Crippen LogP contribution in [0, 0.1) is 5.92 Å². The molecule has 1 fully saturated rings. The number of hydrogen-bond donors (Lipinski definition) is 4. The van der Waals surface area contributed by atoms with E-state index in [1.54, 1.807) is 10.9 Å². The van der Waals surface area contributed by atoms with E-state index in [1.165, 1.54) is 6.33 Å². The molecule has 2 aromatic rings. The van der Waals surface area contributed by atoms with Gasteiger partial charge in [0.05, 0.1) is 18.5 Å². The number of hydrogen-bond acceptors (Lipinski definition) is 7. The Labute approximate surface area is 114 Å². The summed E-state index contributed by atoms with van der Waals surface area (Å²) in [5.41, 5.74) is 6.76. The summed E-state index contributed by atoms with van der Waals surface area (Å²) < 4.78 is 1.72. The van der Waals surface area contributed by atoms with Gasteiger partial charge in [0, 0.05) is 6.61 Å². The fraction of sp³-hybridized carbons (Fsp3) is 0.583. The van der Waals surface area contributed by atoms with E-state index in [4.69, 9.17) is 10.8 Å². The van der Waals surface area contributed by atoms with E-state index in [-0.39, 0.29) is 24.4 Å². The predicted molar refractivity (Wildman–Crippen MR) is 70.6 cm³/mol. The topological polar surface area (TPSA) is 130 Å². The van der Waals surface area contributed by atoms with Crippen molar-refractivity contribution < 1.29 is 15.3 Å². The third kappa shape index (κ3) is 1.92. The molecule has 5 N–H and O–H groups in total. The van der Waals surface area contributed by atoms with Gasteiger partial charge in [0.1, 0.15) is 17.9 Å². The normalized spacial score (nSPS) is 30.1. The number of rotatable bonds is 3. The molecule has 0 amide bonds. The zero-order valence-electron chi connectivity index (χ0n) is 10.8. The number of anilines is 1. The summed E-state index contributed by atoms with van der Waals surface area (Å²) in [7, 11) is 0. The molecule has 20 heavy (non-hydrogen) atoms. The summed E-state index contributed by atoms with van der Waals surface area (Å²) in [6.45, 7) is -0.0129. The maximum atomic E-state index is 10.2. The van der Waals surface area contributed by atoms with Gasteiger partial charge in [0.25, 0.3) is 0 Å². The van der Waals surface area contributed by atoms with Crippen molar-refractivity contribution in [2.45, 2.75) is 31.1 Å². The van der Waals surface area contributed by atoms with E-state index in [9.17, 15) is 10.2 Å². The molecule has 8 heteroatoms. The van der Waals surface area contributed by atoms with Crippen molar-refractivity contribution in [2.75, 3.05) is 12.3 Å². The van der Waals surface area contributed by atoms with Crippen LogP contribution in [-0.4, -0.2) is 53.7 Å². The molecule has 1 aliphatic rings. The van der Waals surface area contributed by atoms with E-state index < -0.39 is 12.2 Å². The molecule has 1 aliphatic carbocycles. The highest BCUT2D eigenvalue weighted by atomic mass is 16.3. The Morgan fingerprint density at radius 1 is 1.25 bits per heavy atom. The molecule has 1 saturated carbocycles. The van der Waals surface area contributed by atoms with Gasteiger partial charge in [0.2, 0.25) is 0 Å². The Morgan fingerprint density at radius 2 is 2.05 bits per heavy atom. The van der Waals surface area contributed by atoms with Crippen molar-refractivity contribution in [1.82, 2.24) is 19.5 Å². The first kappa shape index (κ1) is 13.2. The average Bonchev–Trinajstić information content (AvgIpc) is 2.97. The van der Waals surface area contributed by atoms with Crippen LogP contribution in [0.15, 0.2) is 12.7 Å². The largest absolute Gasteiger partial charge is 0.396 e.